The summed E-state index contributed by atoms with van der Waals surface area (Å²) in [4.78, 5) is 17.1. The number of benzene rings is 2. The maximum atomic E-state index is 12.4. The molecule has 132 valence electrons. The molecule has 0 radical (unpaired) electrons. The number of imidazole rings is 1. The van der Waals surface area contributed by atoms with Crippen LogP contribution in [0.25, 0.3) is 11.3 Å². The number of hydrogen-bond acceptors (Lipinski definition) is 2. The van der Waals surface area contributed by atoms with Crippen LogP contribution in [0.15, 0.2) is 48.7 Å². The third-order valence-electron chi connectivity index (χ3n) is 5.10. The van der Waals surface area contributed by atoms with Crippen molar-refractivity contribution in [2.24, 2.45) is 0 Å². The molecule has 2 heterocycles. The molecule has 0 atom stereocenters. The van der Waals surface area contributed by atoms with Crippen molar-refractivity contribution in [3.05, 3.63) is 76.7 Å². The minimum atomic E-state index is -0.0422. The largest absolute Gasteiger partial charge is 0.348 e. The van der Waals surface area contributed by atoms with E-state index in [0.29, 0.717) is 12.1 Å². The van der Waals surface area contributed by atoms with Gasteiger partial charge in [0.1, 0.15) is 5.82 Å². The van der Waals surface area contributed by atoms with E-state index >= 15 is 0 Å². The van der Waals surface area contributed by atoms with Crippen molar-refractivity contribution in [3.63, 3.8) is 0 Å². The van der Waals surface area contributed by atoms with E-state index in [9.17, 15) is 4.79 Å². The Balaban J connectivity index is 1.46. The lowest BCUT2D eigenvalue weighted by atomic mass is 10.1. The summed E-state index contributed by atoms with van der Waals surface area (Å²) in [5.74, 6) is 1.13. The fourth-order valence-electron chi connectivity index (χ4n) is 3.40. The minimum absolute atomic E-state index is 0.0422. The van der Waals surface area contributed by atoms with Gasteiger partial charge in [-0.05, 0) is 55.2 Å². The zero-order valence-electron chi connectivity index (χ0n) is 15.2. The second-order valence-electron chi connectivity index (χ2n) is 7.02. The van der Waals surface area contributed by atoms with E-state index in [-0.39, 0.29) is 5.91 Å². The van der Waals surface area contributed by atoms with E-state index in [1.54, 1.807) is 0 Å². The smallest absolute Gasteiger partial charge is 0.251 e. The van der Waals surface area contributed by atoms with Gasteiger partial charge < -0.3 is 9.88 Å². The molecule has 4 nitrogen and oxygen atoms in total. The molecular formula is C22H23N3O. The number of rotatable bonds is 4. The van der Waals surface area contributed by atoms with E-state index in [2.05, 4.69) is 28.2 Å². The molecule has 26 heavy (non-hydrogen) atoms. The topological polar surface area (TPSA) is 46.9 Å². The lowest BCUT2D eigenvalue weighted by Gasteiger charge is -2.08. The van der Waals surface area contributed by atoms with Gasteiger partial charge >= 0.3 is 0 Å². The summed E-state index contributed by atoms with van der Waals surface area (Å²) in [5, 5.41) is 3.01. The highest BCUT2D eigenvalue weighted by Gasteiger charge is 2.14. The molecule has 4 rings (SSSR count). The number of carbonyl (C=O) groups is 1. The number of carbonyl (C=O) groups excluding carboxylic acids is 1. The van der Waals surface area contributed by atoms with Crippen LogP contribution in [0, 0.1) is 13.8 Å². The summed E-state index contributed by atoms with van der Waals surface area (Å²) < 4.78 is 2.24. The molecule has 2 aromatic carbocycles. The Morgan fingerprint density at radius 1 is 1.15 bits per heavy atom. The number of aryl methyl sites for hydroxylation is 4. The second kappa shape index (κ2) is 6.79. The average Bonchev–Trinajstić information content (AvgIpc) is 3.24. The van der Waals surface area contributed by atoms with Crippen molar-refractivity contribution in [2.75, 3.05) is 0 Å². The highest BCUT2D eigenvalue weighted by atomic mass is 16.1. The Morgan fingerprint density at radius 3 is 2.85 bits per heavy atom. The summed E-state index contributed by atoms with van der Waals surface area (Å²) in [7, 11) is 0. The van der Waals surface area contributed by atoms with Crippen LogP contribution in [0.2, 0.25) is 0 Å². The first-order valence-corrected chi connectivity index (χ1v) is 9.11. The third kappa shape index (κ3) is 3.27. The maximum absolute atomic E-state index is 12.4. The molecule has 1 aliphatic heterocycles. The SMILES string of the molecule is Cc1ccc(C(=O)NCc2cccc(-c3cn4c(n3)CCC4)c2)cc1C. The standard InChI is InChI=1S/C22H23N3O/c1-15-8-9-19(11-16(15)2)22(26)23-13-17-5-3-6-18(12-17)20-14-25-10-4-7-21(25)24-20/h3,5-6,8-9,11-12,14H,4,7,10,13H2,1-2H3,(H,23,26). The number of fused-ring (bicyclic) bond motifs is 1. The molecule has 0 spiro atoms. The first-order valence-electron chi connectivity index (χ1n) is 9.11. The van der Waals surface area contributed by atoms with Crippen molar-refractivity contribution in [1.82, 2.24) is 14.9 Å². The third-order valence-corrected chi connectivity index (χ3v) is 5.10. The molecule has 1 aliphatic rings. The Bertz CT molecular complexity index is 950. The van der Waals surface area contributed by atoms with Gasteiger partial charge in [-0.2, -0.15) is 0 Å². The van der Waals surface area contributed by atoms with Gasteiger partial charge in [0.15, 0.2) is 0 Å². The molecule has 0 saturated heterocycles. The van der Waals surface area contributed by atoms with Gasteiger partial charge in [0.05, 0.1) is 5.69 Å². The molecule has 1 aromatic heterocycles. The highest BCUT2D eigenvalue weighted by molar-refractivity contribution is 5.94. The van der Waals surface area contributed by atoms with Gasteiger partial charge in [0.2, 0.25) is 0 Å². The summed E-state index contributed by atoms with van der Waals surface area (Å²) in [6, 6.07) is 14.0. The van der Waals surface area contributed by atoms with Gasteiger partial charge in [0.25, 0.3) is 5.91 Å². The summed E-state index contributed by atoms with van der Waals surface area (Å²) >= 11 is 0. The molecule has 0 unspecified atom stereocenters. The molecule has 0 fully saturated rings. The summed E-state index contributed by atoms with van der Waals surface area (Å²) in [6.45, 7) is 5.65. The summed E-state index contributed by atoms with van der Waals surface area (Å²) in [6.07, 6.45) is 4.38. The Morgan fingerprint density at radius 2 is 2.04 bits per heavy atom. The van der Waals surface area contributed by atoms with Crippen LogP contribution in [-0.2, 0) is 19.5 Å². The van der Waals surface area contributed by atoms with E-state index in [4.69, 9.17) is 4.98 Å². The van der Waals surface area contributed by atoms with Crippen molar-refractivity contribution < 1.29 is 4.79 Å². The van der Waals surface area contributed by atoms with E-state index in [1.165, 1.54) is 17.8 Å². The van der Waals surface area contributed by atoms with E-state index < -0.39 is 0 Å². The lowest BCUT2D eigenvalue weighted by molar-refractivity contribution is 0.0951. The van der Waals surface area contributed by atoms with Crippen LogP contribution >= 0.6 is 0 Å². The van der Waals surface area contributed by atoms with Crippen LogP contribution in [0.3, 0.4) is 0 Å². The molecule has 3 aromatic rings. The van der Waals surface area contributed by atoms with E-state index in [0.717, 1.165) is 35.3 Å². The zero-order chi connectivity index (χ0) is 18.1. The minimum Gasteiger partial charge on any atom is -0.348 e. The first-order chi connectivity index (χ1) is 12.6. The quantitative estimate of drug-likeness (QED) is 0.776. The summed E-state index contributed by atoms with van der Waals surface area (Å²) in [5.41, 5.74) is 6.23. The van der Waals surface area contributed by atoms with Gasteiger partial charge in [-0.1, -0.05) is 24.3 Å². The number of amides is 1. The average molecular weight is 345 g/mol. The molecule has 0 bridgehead atoms. The van der Waals surface area contributed by atoms with Gasteiger partial charge in [-0.25, -0.2) is 4.98 Å². The van der Waals surface area contributed by atoms with Crippen molar-refractivity contribution in [3.8, 4) is 11.3 Å². The molecule has 4 heteroatoms. The zero-order valence-corrected chi connectivity index (χ0v) is 15.2. The monoisotopic (exact) mass is 345 g/mol. The fraction of sp³-hybridized carbons (Fsp3) is 0.273. The Labute approximate surface area is 153 Å². The van der Waals surface area contributed by atoms with Crippen LogP contribution in [-0.4, -0.2) is 15.5 Å². The van der Waals surface area contributed by atoms with Crippen molar-refractivity contribution in [1.29, 1.82) is 0 Å². The molecule has 0 aliphatic carbocycles. The molecular weight excluding hydrogens is 322 g/mol. The Hall–Kier alpha value is -2.88. The maximum Gasteiger partial charge on any atom is 0.251 e. The highest BCUT2D eigenvalue weighted by Crippen LogP contribution is 2.23. The molecule has 1 amide bonds. The van der Waals surface area contributed by atoms with Gasteiger partial charge in [-0.15, -0.1) is 0 Å². The van der Waals surface area contributed by atoms with Crippen LogP contribution in [0.1, 0.15) is 39.3 Å². The molecule has 0 saturated carbocycles. The second-order valence-corrected chi connectivity index (χ2v) is 7.02. The van der Waals surface area contributed by atoms with Crippen LogP contribution < -0.4 is 5.32 Å². The van der Waals surface area contributed by atoms with Crippen LogP contribution in [0.4, 0.5) is 0 Å². The number of nitrogens with zero attached hydrogens (tertiary/aromatic N) is 2. The Kier molecular flexibility index (Phi) is 4.33. The van der Waals surface area contributed by atoms with Gasteiger partial charge in [0, 0.05) is 36.8 Å². The molecule has 1 N–H and O–H groups in total. The normalized spacial score (nSPS) is 12.8. The number of aromatic nitrogens is 2. The van der Waals surface area contributed by atoms with Crippen molar-refractivity contribution in [2.45, 2.75) is 39.8 Å². The van der Waals surface area contributed by atoms with Gasteiger partial charge in [-0.3, -0.25) is 4.79 Å². The number of nitrogens with one attached hydrogen (secondary N) is 1. The predicted molar refractivity (Wildman–Crippen MR) is 103 cm³/mol. The number of hydrogen-bond donors (Lipinski definition) is 1. The van der Waals surface area contributed by atoms with E-state index in [1.807, 2.05) is 44.2 Å². The fourth-order valence-corrected chi connectivity index (χ4v) is 3.40. The first kappa shape index (κ1) is 16.6. The predicted octanol–water partition coefficient (Wildman–Crippen LogP) is 4.04. The van der Waals surface area contributed by atoms with Crippen molar-refractivity contribution >= 4 is 5.91 Å². The van der Waals surface area contributed by atoms with Crippen LogP contribution in [0.5, 0.6) is 0 Å². The lowest BCUT2D eigenvalue weighted by Crippen LogP contribution is -2.22.